The Morgan fingerprint density at radius 3 is 2.57 bits per heavy atom. The fourth-order valence-electron chi connectivity index (χ4n) is 3.31. The smallest absolute Gasteiger partial charge is 0.254 e. The van der Waals surface area contributed by atoms with Gasteiger partial charge in [0.2, 0.25) is 5.91 Å². The molecule has 2 aromatic rings. The number of hydrogen-bond donors (Lipinski definition) is 0. The second-order valence-electron chi connectivity index (χ2n) is 7.56. The second kappa shape index (κ2) is 8.82. The van der Waals surface area contributed by atoms with Gasteiger partial charge in [0, 0.05) is 41.6 Å². The van der Waals surface area contributed by atoms with Crippen molar-refractivity contribution in [1.29, 1.82) is 0 Å². The van der Waals surface area contributed by atoms with Crippen LogP contribution in [0.25, 0.3) is 0 Å². The van der Waals surface area contributed by atoms with Crippen molar-refractivity contribution in [2.45, 2.75) is 51.7 Å². The van der Waals surface area contributed by atoms with Crippen molar-refractivity contribution in [3.05, 3.63) is 58.9 Å². The summed E-state index contributed by atoms with van der Waals surface area (Å²) in [5.74, 6) is -0.154. The number of aromatic nitrogens is 1. The molecule has 1 aromatic carbocycles. The summed E-state index contributed by atoms with van der Waals surface area (Å²) in [5, 5.41) is 0.518. The van der Waals surface area contributed by atoms with Crippen LogP contribution in [0.15, 0.2) is 42.6 Å². The van der Waals surface area contributed by atoms with E-state index < -0.39 is 0 Å². The number of aryl methyl sites for hydroxylation is 1. The summed E-state index contributed by atoms with van der Waals surface area (Å²) in [7, 11) is 1.99. The minimum Gasteiger partial charge on any atom is -0.353 e. The number of hydrogen-bond acceptors (Lipinski definition) is 2. The van der Waals surface area contributed by atoms with Crippen LogP contribution in [0.5, 0.6) is 0 Å². The fraction of sp³-hybridized carbons (Fsp3) is 0.455. The third kappa shape index (κ3) is 4.76. The highest BCUT2D eigenvalue weighted by molar-refractivity contribution is 6.31. The van der Waals surface area contributed by atoms with E-state index in [9.17, 15) is 9.59 Å². The summed E-state index contributed by atoms with van der Waals surface area (Å²) in [5.41, 5.74) is 1.61. The number of carbonyl (C=O) groups excluding carboxylic acids is 2. The molecule has 0 aliphatic heterocycles. The molecule has 1 aliphatic rings. The summed E-state index contributed by atoms with van der Waals surface area (Å²) < 4.78 is 2.03. The van der Waals surface area contributed by atoms with Gasteiger partial charge in [-0.3, -0.25) is 9.59 Å². The number of nitrogens with zero attached hydrogens (tertiary/aromatic N) is 3. The summed E-state index contributed by atoms with van der Waals surface area (Å²) >= 11 is 6.06. The molecule has 1 saturated carbocycles. The van der Waals surface area contributed by atoms with Gasteiger partial charge in [0.15, 0.2) is 0 Å². The number of amides is 2. The van der Waals surface area contributed by atoms with Crippen molar-refractivity contribution in [2.24, 2.45) is 7.05 Å². The third-order valence-corrected chi connectivity index (χ3v) is 5.69. The highest BCUT2D eigenvalue weighted by Crippen LogP contribution is 2.29. The molecule has 1 unspecified atom stereocenters. The fourth-order valence-corrected chi connectivity index (χ4v) is 3.50. The first kappa shape index (κ1) is 20.5. The van der Waals surface area contributed by atoms with Crippen LogP contribution in [0.4, 0.5) is 0 Å². The van der Waals surface area contributed by atoms with Gasteiger partial charge in [0.1, 0.15) is 6.54 Å². The van der Waals surface area contributed by atoms with Crippen LogP contribution in [0.1, 0.15) is 49.2 Å². The minimum atomic E-state index is -0.153. The number of carbonyl (C=O) groups is 2. The Bertz CT molecular complexity index is 844. The van der Waals surface area contributed by atoms with Crippen molar-refractivity contribution in [3.8, 4) is 0 Å². The summed E-state index contributed by atoms with van der Waals surface area (Å²) in [4.78, 5) is 29.9. The first-order chi connectivity index (χ1) is 13.4. The van der Waals surface area contributed by atoms with Gasteiger partial charge in [0.05, 0.1) is 6.54 Å². The van der Waals surface area contributed by atoms with E-state index >= 15 is 0 Å². The zero-order valence-electron chi connectivity index (χ0n) is 16.8. The molecule has 150 valence electrons. The summed E-state index contributed by atoms with van der Waals surface area (Å²) in [6, 6.07) is 11.2. The topological polar surface area (TPSA) is 45.6 Å². The average Bonchev–Trinajstić information content (AvgIpc) is 3.45. The molecule has 1 fully saturated rings. The van der Waals surface area contributed by atoms with Gasteiger partial charge in [-0.1, -0.05) is 24.6 Å². The molecule has 2 amide bonds. The normalized spacial score (nSPS) is 14.6. The summed E-state index contributed by atoms with van der Waals surface area (Å²) in [6.45, 7) is 4.67. The molecule has 1 aliphatic carbocycles. The quantitative estimate of drug-likeness (QED) is 0.668. The molecular formula is C22H28ClN3O2. The number of rotatable bonds is 8. The molecule has 1 atom stereocenters. The zero-order chi connectivity index (χ0) is 20.3. The largest absolute Gasteiger partial charge is 0.353 e. The molecule has 0 bridgehead atoms. The van der Waals surface area contributed by atoms with Crippen LogP contribution in [0.2, 0.25) is 5.02 Å². The van der Waals surface area contributed by atoms with E-state index in [1.165, 1.54) is 0 Å². The highest BCUT2D eigenvalue weighted by Gasteiger charge is 2.35. The van der Waals surface area contributed by atoms with E-state index in [-0.39, 0.29) is 30.4 Å². The second-order valence-corrected chi connectivity index (χ2v) is 8.00. The molecule has 1 heterocycles. The van der Waals surface area contributed by atoms with Crippen molar-refractivity contribution in [2.75, 3.05) is 6.54 Å². The molecule has 0 radical (unpaired) electrons. The lowest BCUT2D eigenvalue weighted by Crippen LogP contribution is -2.47. The molecule has 0 saturated heterocycles. The number of halogens is 1. The van der Waals surface area contributed by atoms with Crippen molar-refractivity contribution < 1.29 is 9.59 Å². The Labute approximate surface area is 171 Å². The molecule has 1 aromatic heterocycles. The molecular weight excluding hydrogens is 374 g/mol. The Morgan fingerprint density at radius 1 is 1.25 bits per heavy atom. The minimum absolute atomic E-state index is 0.000576. The van der Waals surface area contributed by atoms with Gasteiger partial charge in [0.25, 0.3) is 5.91 Å². The Hall–Kier alpha value is -2.27. The maximum Gasteiger partial charge on any atom is 0.254 e. The van der Waals surface area contributed by atoms with Crippen LogP contribution >= 0.6 is 11.6 Å². The summed E-state index contributed by atoms with van der Waals surface area (Å²) in [6.07, 6.45) is 4.82. The molecule has 0 spiro atoms. The lowest BCUT2D eigenvalue weighted by atomic mass is 10.1. The first-order valence-electron chi connectivity index (χ1n) is 9.87. The van der Waals surface area contributed by atoms with Crippen LogP contribution in [-0.2, 0) is 18.4 Å². The third-order valence-electron chi connectivity index (χ3n) is 5.45. The van der Waals surface area contributed by atoms with Crippen LogP contribution in [0.3, 0.4) is 0 Å². The lowest BCUT2D eigenvalue weighted by Gasteiger charge is -2.31. The zero-order valence-corrected chi connectivity index (χ0v) is 17.5. The van der Waals surface area contributed by atoms with Gasteiger partial charge in [-0.05, 0) is 56.5 Å². The SMILES string of the molecule is CCC(C)N(CC(=O)N(Cc1cccn1C)C1CC1)C(=O)c1cccc(Cl)c1. The van der Waals surface area contributed by atoms with E-state index in [0.717, 1.165) is 25.0 Å². The predicted octanol–water partition coefficient (Wildman–Crippen LogP) is 4.11. The van der Waals surface area contributed by atoms with Crippen LogP contribution in [0, 0.1) is 0 Å². The Morgan fingerprint density at radius 2 is 2.00 bits per heavy atom. The van der Waals surface area contributed by atoms with Crippen molar-refractivity contribution >= 4 is 23.4 Å². The van der Waals surface area contributed by atoms with Gasteiger partial charge in [-0.25, -0.2) is 0 Å². The molecule has 28 heavy (non-hydrogen) atoms. The Balaban J connectivity index is 1.78. The first-order valence-corrected chi connectivity index (χ1v) is 10.2. The molecule has 5 nitrogen and oxygen atoms in total. The molecule has 0 N–H and O–H groups in total. The van der Waals surface area contributed by atoms with E-state index in [4.69, 9.17) is 11.6 Å². The maximum absolute atomic E-state index is 13.2. The van der Waals surface area contributed by atoms with Crippen LogP contribution < -0.4 is 0 Å². The molecule has 3 rings (SSSR count). The van der Waals surface area contributed by atoms with E-state index in [1.807, 2.05) is 48.7 Å². The predicted molar refractivity (Wildman–Crippen MR) is 111 cm³/mol. The van der Waals surface area contributed by atoms with Gasteiger partial charge >= 0.3 is 0 Å². The lowest BCUT2D eigenvalue weighted by molar-refractivity contribution is -0.133. The average molecular weight is 402 g/mol. The standard InChI is InChI=1S/C22H28ClN3O2/c1-4-16(2)25(22(28)17-7-5-8-18(23)13-17)15-21(27)26(19-10-11-19)14-20-9-6-12-24(20)3/h5-9,12-13,16,19H,4,10-11,14-15H2,1-3H3. The van der Waals surface area contributed by atoms with Gasteiger partial charge in [-0.15, -0.1) is 0 Å². The van der Waals surface area contributed by atoms with E-state index in [1.54, 1.807) is 29.2 Å². The van der Waals surface area contributed by atoms with Gasteiger partial charge in [-0.2, -0.15) is 0 Å². The monoisotopic (exact) mass is 401 g/mol. The maximum atomic E-state index is 13.2. The number of benzene rings is 1. The van der Waals surface area contributed by atoms with E-state index in [2.05, 4.69) is 0 Å². The van der Waals surface area contributed by atoms with Crippen molar-refractivity contribution in [1.82, 2.24) is 14.4 Å². The van der Waals surface area contributed by atoms with E-state index in [0.29, 0.717) is 17.1 Å². The Kier molecular flexibility index (Phi) is 6.45. The highest BCUT2D eigenvalue weighted by atomic mass is 35.5. The van der Waals surface area contributed by atoms with Crippen LogP contribution in [-0.4, -0.2) is 44.8 Å². The van der Waals surface area contributed by atoms with Gasteiger partial charge < -0.3 is 14.4 Å². The molecule has 6 heteroatoms. The van der Waals surface area contributed by atoms with Crippen molar-refractivity contribution in [3.63, 3.8) is 0 Å².